The molecule has 0 unspecified atom stereocenters. The van der Waals surface area contributed by atoms with E-state index in [0.29, 0.717) is 37.9 Å². The van der Waals surface area contributed by atoms with Gasteiger partial charge in [0.05, 0.1) is 21.8 Å². The van der Waals surface area contributed by atoms with Crippen molar-refractivity contribution in [3.05, 3.63) is 100.0 Å². The van der Waals surface area contributed by atoms with Gasteiger partial charge in [0.2, 0.25) is 5.91 Å². The lowest BCUT2D eigenvalue weighted by Gasteiger charge is -2.27. The van der Waals surface area contributed by atoms with Crippen LogP contribution in [0.3, 0.4) is 0 Å². The van der Waals surface area contributed by atoms with Crippen molar-refractivity contribution in [3.63, 3.8) is 0 Å². The zero-order chi connectivity index (χ0) is 26.8. The van der Waals surface area contributed by atoms with Crippen molar-refractivity contribution in [2.75, 3.05) is 23.9 Å². The van der Waals surface area contributed by atoms with E-state index in [0.717, 1.165) is 16.9 Å². The molecule has 1 fully saturated rings. The standard InChI is InChI=1S/C28H24Cl2N4O3S/c1-16-14-17(9-10-20(16)32-24(35)15-36-2)34-27(26(33-28(34)38)21-8-3-4-13-31-21)23-12-11-22(37-23)18-6-5-7-19(29)25(18)30/h3-14,26-27H,15H2,1-2H3,(H,32,35)(H,33,38)/t26-,27+/m0/s1. The molecule has 0 aliphatic carbocycles. The van der Waals surface area contributed by atoms with E-state index in [9.17, 15) is 4.79 Å². The number of pyridine rings is 1. The Morgan fingerprint density at radius 1 is 1.16 bits per heavy atom. The van der Waals surface area contributed by atoms with Gasteiger partial charge in [-0.3, -0.25) is 9.78 Å². The van der Waals surface area contributed by atoms with Gasteiger partial charge in [-0.2, -0.15) is 0 Å². The van der Waals surface area contributed by atoms with E-state index in [1.54, 1.807) is 12.3 Å². The number of amides is 1. The predicted molar refractivity (Wildman–Crippen MR) is 154 cm³/mol. The Kier molecular flexibility index (Phi) is 7.67. The van der Waals surface area contributed by atoms with E-state index in [-0.39, 0.29) is 24.6 Å². The number of halogens is 2. The largest absolute Gasteiger partial charge is 0.459 e. The Balaban J connectivity index is 1.55. The van der Waals surface area contributed by atoms with Crippen LogP contribution >= 0.6 is 35.4 Å². The highest BCUT2D eigenvalue weighted by Crippen LogP contribution is 2.44. The van der Waals surface area contributed by atoms with Crippen molar-refractivity contribution >= 4 is 57.8 Å². The van der Waals surface area contributed by atoms with Crippen LogP contribution in [0.4, 0.5) is 11.4 Å². The van der Waals surface area contributed by atoms with Crippen molar-refractivity contribution in [1.82, 2.24) is 10.3 Å². The van der Waals surface area contributed by atoms with Gasteiger partial charge in [-0.25, -0.2) is 0 Å². The summed E-state index contributed by atoms with van der Waals surface area (Å²) in [6.45, 7) is 1.91. The summed E-state index contributed by atoms with van der Waals surface area (Å²) in [5.41, 5.74) is 3.93. The van der Waals surface area contributed by atoms with Crippen LogP contribution in [0, 0.1) is 6.92 Å². The SMILES string of the molecule is COCC(=O)Nc1ccc(N2C(=S)N[C@@H](c3ccccn3)[C@H]2c2ccc(-c3cccc(Cl)c3Cl)o2)cc1C. The van der Waals surface area contributed by atoms with Gasteiger partial charge in [0.1, 0.15) is 24.2 Å². The van der Waals surface area contributed by atoms with Crippen LogP contribution in [-0.4, -0.2) is 29.7 Å². The number of aryl methyl sites for hydroxylation is 1. The molecular formula is C28H24Cl2N4O3S. The van der Waals surface area contributed by atoms with Crippen molar-refractivity contribution in [1.29, 1.82) is 0 Å². The molecule has 38 heavy (non-hydrogen) atoms. The van der Waals surface area contributed by atoms with E-state index in [1.807, 2.05) is 72.5 Å². The lowest BCUT2D eigenvalue weighted by Crippen LogP contribution is -2.29. The zero-order valence-corrected chi connectivity index (χ0v) is 22.9. The Morgan fingerprint density at radius 3 is 2.74 bits per heavy atom. The molecule has 1 amide bonds. The van der Waals surface area contributed by atoms with Crippen LogP contribution in [-0.2, 0) is 9.53 Å². The van der Waals surface area contributed by atoms with Crippen LogP contribution in [0.5, 0.6) is 0 Å². The highest BCUT2D eigenvalue weighted by atomic mass is 35.5. The summed E-state index contributed by atoms with van der Waals surface area (Å²) in [5.74, 6) is 1.05. The van der Waals surface area contributed by atoms with Crippen LogP contribution in [0.2, 0.25) is 10.0 Å². The summed E-state index contributed by atoms with van der Waals surface area (Å²) in [4.78, 5) is 18.6. The van der Waals surface area contributed by atoms with E-state index >= 15 is 0 Å². The summed E-state index contributed by atoms with van der Waals surface area (Å²) < 4.78 is 11.3. The first-order valence-corrected chi connectivity index (χ1v) is 13.0. The monoisotopic (exact) mass is 566 g/mol. The molecule has 5 rings (SSSR count). The van der Waals surface area contributed by atoms with Crippen LogP contribution in [0.1, 0.15) is 29.1 Å². The van der Waals surface area contributed by atoms with E-state index in [4.69, 9.17) is 44.6 Å². The first-order valence-electron chi connectivity index (χ1n) is 11.8. The number of ether oxygens (including phenoxy) is 1. The van der Waals surface area contributed by atoms with Gasteiger partial charge in [0, 0.05) is 30.2 Å². The average molecular weight is 567 g/mol. The van der Waals surface area contributed by atoms with Crippen molar-refractivity contribution in [2.45, 2.75) is 19.0 Å². The highest BCUT2D eigenvalue weighted by Gasteiger charge is 2.42. The topological polar surface area (TPSA) is 79.6 Å². The predicted octanol–water partition coefficient (Wildman–Crippen LogP) is 6.72. The smallest absolute Gasteiger partial charge is 0.250 e. The van der Waals surface area contributed by atoms with Gasteiger partial charge in [-0.15, -0.1) is 0 Å². The molecule has 2 aromatic heterocycles. The fraction of sp³-hybridized carbons (Fsp3) is 0.179. The van der Waals surface area contributed by atoms with E-state index < -0.39 is 0 Å². The molecule has 2 atom stereocenters. The summed E-state index contributed by atoms with van der Waals surface area (Å²) in [6, 6.07) is 20.1. The molecule has 194 valence electrons. The third-order valence-electron chi connectivity index (χ3n) is 6.27. The zero-order valence-electron chi connectivity index (χ0n) is 20.6. The molecule has 1 aliphatic rings. The Labute approximate surface area is 235 Å². The van der Waals surface area contributed by atoms with Gasteiger partial charge in [-0.05, 0) is 79.3 Å². The summed E-state index contributed by atoms with van der Waals surface area (Å²) in [5, 5.41) is 7.69. The molecule has 10 heteroatoms. The fourth-order valence-electron chi connectivity index (χ4n) is 4.53. The number of anilines is 2. The van der Waals surface area contributed by atoms with Gasteiger partial charge < -0.3 is 24.7 Å². The van der Waals surface area contributed by atoms with Crippen molar-refractivity contribution in [2.24, 2.45) is 0 Å². The van der Waals surface area contributed by atoms with Crippen LogP contribution in [0.25, 0.3) is 11.3 Å². The fourth-order valence-corrected chi connectivity index (χ4v) is 5.27. The first-order chi connectivity index (χ1) is 18.4. The number of rotatable bonds is 7. The maximum Gasteiger partial charge on any atom is 0.250 e. The Morgan fingerprint density at radius 2 is 2.00 bits per heavy atom. The molecule has 0 radical (unpaired) electrons. The number of benzene rings is 2. The number of hydrogen-bond acceptors (Lipinski definition) is 5. The summed E-state index contributed by atoms with van der Waals surface area (Å²) in [7, 11) is 1.48. The molecule has 1 saturated heterocycles. The molecule has 0 saturated carbocycles. The summed E-state index contributed by atoms with van der Waals surface area (Å²) >= 11 is 18.5. The van der Waals surface area contributed by atoms with Gasteiger partial charge in [0.25, 0.3) is 0 Å². The average Bonchev–Trinajstić information content (AvgIpc) is 3.52. The van der Waals surface area contributed by atoms with Crippen molar-refractivity contribution in [3.8, 4) is 11.3 Å². The van der Waals surface area contributed by atoms with Crippen LogP contribution in [0.15, 0.2) is 77.3 Å². The minimum Gasteiger partial charge on any atom is -0.459 e. The number of thiocarbonyl (C=S) groups is 1. The number of aromatic nitrogens is 1. The quantitative estimate of drug-likeness (QED) is 0.240. The molecule has 4 aromatic rings. The number of furan rings is 1. The number of hydrogen-bond donors (Lipinski definition) is 2. The highest BCUT2D eigenvalue weighted by molar-refractivity contribution is 7.80. The van der Waals surface area contributed by atoms with Crippen molar-refractivity contribution < 1.29 is 13.9 Å². The lowest BCUT2D eigenvalue weighted by atomic mass is 10.0. The molecule has 7 nitrogen and oxygen atoms in total. The number of carbonyl (C=O) groups is 1. The Hall–Kier alpha value is -3.43. The maximum absolute atomic E-state index is 12.0. The van der Waals surface area contributed by atoms with Gasteiger partial charge in [-0.1, -0.05) is 35.3 Å². The second-order valence-corrected chi connectivity index (χ2v) is 9.95. The second-order valence-electron chi connectivity index (χ2n) is 8.78. The minimum atomic E-state index is -0.350. The molecule has 1 aliphatic heterocycles. The van der Waals surface area contributed by atoms with Crippen LogP contribution < -0.4 is 15.5 Å². The molecule has 0 spiro atoms. The Bertz CT molecular complexity index is 1490. The van der Waals surface area contributed by atoms with E-state index in [2.05, 4.69) is 15.6 Å². The minimum absolute atomic E-state index is 0.0212. The molecule has 2 aromatic carbocycles. The number of carbonyl (C=O) groups excluding carboxylic acids is 1. The third-order valence-corrected chi connectivity index (χ3v) is 7.40. The lowest BCUT2D eigenvalue weighted by molar-refractivity contribution is -0.119. The third kappa shape index (κ3) is 5.13. The number of methoxy groups -OCH3 is 1. The maximum atomic E-state index is 12.0. The normalized spacial score (nSPS) is 16.9. The van der Waals surface area contributed by atoms with E-state index in [1.165, 1.54) is 7.11 Å². The number of nitrogens with zero attached hydrogens (tertiary/aromatic N) is 2. The molecule has 3 heterocycles. The summed E-state index contributed by atoms with van der Waals surface area (Å²) in [6.07, 6.45) is 1.75. The van der Waals surface area contributed by atoms with Gasteiger partial charge in [0.15, 0.2) is 5.11 Å². The molecule has 0 bridgehead atoms. The second kappa shape index (κ2) is 11.1. The van der Waals surface area contributed by atoms with Gasteiger partial charge >= 0.3 is 0 Å². The first kappa shape index (κ1) is 26.2. The molecule has 2 N–H and O–H groups in total. The molecular weight excluding hydrogens is 543 g/mol. The number of nitrogens with one attached hydrogen (secondary N) is 2.